The number of nitrogens with two attached hydrogens (primary N) is 1. The van der Waals surface area contributed by atoms with Gasteiger partial charge in [-0.05, 0) is 23.1 Å². The molecule has 2 aromatic carbocycles. The molecule has 0 saturated carbocycles. The van der Waals surface area contributed by atoms with E-state index in [0.29, 0.717) is 5.75 Å². The maximum Gasteiger partial charge on any atom is 0.0428 e. The molecule has 2 aromatic rings. The van der Waals surface area contributed by atoms with E-state index in [0.717, 1.165) is 17.7 Å². The molecule has 2 nitrogen and oxygen atoms in total. The highest BCUT2D eigenvalue weighted by atomic mass is 32.2. The summed E-state index contributed by atoms with van der Waals surface area (Å²) in [6, 6.07) is 18.3. The summed E-state index contributed by atoms with van der Waals surface area (Å²) < 4.78 is 11.7. The van der Waals surface area contributed by atoms with Gasteiger partial charge in [-0.15, -0.1) is 0 Å². The molecule has 2 rings (SSSR count). The summed E-state index contributed by atoms with van der Waals surface area (Å²) in [5, 5.41) is 0. The van der Waals surface area contributed by atoms with Crippen molar-refractivity contribution in [3.05, 3.63) is 60.2 Å². The highest BCUT2D eigenvalue weighted by Gasteiger charge is 2.10. The van der Waals surface area contributed by atoms with E-state index in [4.69, 9.17) is 5.73 Å². The van der Waals surface area contributed by atoms with Crippen LogP contribution in [0.4, 0.5) is 0 Å². The summed E-state index contributed by atoms with van der Waals surface area (Å²) in [5.41, 5.74) is 9.55. The molecule has 0 aliphatic heterocycles. The molecule has 20 heavy (non-hydrogen) atoms. The van der Waals surface area contributed by atoms with Gasteiger partial charge in [0.2, 0.25) is 0 Å². The summed E-state index contributed by atoms with van der Waals surface area (Å²) in [7, 11) is -0.817. The standard InChI is InChI=1S/C17H21NOS/c1-2-12-20(19)13-17(18)16-10-8-15(9-11-16)14-6-4-3-5-7-14/h3-11,17H,2,12-13,18H2,1H3. The quantitative estimate of drug-likeness (QED) is 0.883. The lowest BCUT2D eigenvalue weighted by Crippen LogP contribution is -2.19. The Morgan fingerprint density at radius 3 is 2.20 bits per heavy atom. The first-order chi connectivity index (χ1) is 9.70. The molecule has 0 saturated heterocycles. The molecule has 0 spiro atoms. The van der Waals surface area contributed by atoms with E-state index < -0.39 is 10.8 Å². The van der Waals surface area contributed by atoms with Crippen molar-refractivity contribution >= 4 is 10.8 Å². The van der Waals surface area contributed by atoms with E-state index in [1.165, 1.54) is 11.1 Å². The van der Waals surface area contributed by atoms with Crippen molar-refractivity contribution in [3.63, 3.8) is 0 Å². The molecule has 2 unspecified atom stereocenters. The largest absolute Gasteiger partial charge is 0.323 e. The molecule has 2 N–H and O–H groups in total. The molecule has 3 heteroatoms. The highest BCUT2D eigenvalue weighted by molar-refractivity contribution is 7.85. The van der Waals surface area contributed by atoms with Crippen LogP contribution in [0.5, 0.6) is 0 Å². The van der Waals surface area contributed by atoms with Crippen LogP contribution < -0.4 is 5.73 Å². The summed E-state index contributed by atoms with van der Waals surface area (Å²) in [6.07, 6.45) is 0.937. The predicted octanol–water partition coefficient (Wildman–Crippen LogP) is 3.51. The molecule has 0 aliphatic rings. The zero-order valence-corrected chi connectivity index (χ0v) is 12.6. The van der Waals surface area contributed by atoms with Gasteiger partial charge in [0.25, 0.3) is 0 Å². The van der Waals surface area contributed by atoms with E-state index in [1.807, 2.05) is 37.3 Å². The Kier molecular flexibility index (Phi) is 5.50. The van der Waals surface area contributed by atoms with Gasteiger partial charge in [-0.2, -0.15) is 0 Å². The molecule has 0 bridgehead atoms. The third-order valence-electron chi connectivity index (χ3n) is 3.24. The summed E-state index contributed by atoms with van der Waals surface area (Å²) >= 11 is 0. The van der Waals surface area contributed by atoms with Gasteiger partial charge in [-0.25, -0.2) is 0 Å². The Labute approximate surface area is 123 Å². The summed E-state index contributed by atoms with van der Waals surface area (Å²) in [6.45, 7) is 2.04. The average molecular weight is 287 g/mol. The smallest absolute Gasteiger partial charge is 0.0428 e. The van der Waals surface area contributed by atoms with E-state index in [9.17, 15) is 4.21 Å². The molecule has 0 radical (unpaired) electrons. The van der Waals surface area contributed by atoms with Gasteiger partial charge >= 0.3 is 0 Å². The van der Waals surface area contributed by atoms with Gasteiger partial charge in [0.15, 0.2) is 0 Å². The van der Waals surface area contributed by atoms with Crippen molar-refractivity contribution in [1.29, 1.82) is 0 Å². The average Bonchev–Trinajstić information content (AvgIpc) is 2.48. The zero-order valence-electron chi connectivity index (χ0n) is 11.8. The van der Waals surface area contributed by atoms with Gasteiger partial charge < -0.3 is 5.73 Å². The topological polar surface area (TPSA) is 43.1 Å². The van der Waals surface area contributed by atoms with E-state index >= 15 is 0 Å². The Bertz CT molecular complexity index is 551. The van der Waals surface area contributed by atoms with Crippen LogP contribution >= 0.6 is 0 Å². The number of rotatable bonds is 6. The minimum absolute atomic E-state index is 0.146. The Hall–Kier alpha value is -1.45. The fourth-order valence-corrected chi connectivity index (χ4v) is 3.38. The lowest BCUT2D eigenvalue weighted by Gasteiger charge is -2.12. The predicted molar refractivity (Wildman–Crippen MR) is 87.0 cm³/mol. The summed E-state index contributed by atoms with van der Waals surface area (Å²) in [4.78, 5) is 0. The summed E-state index contributed by atoms with van der Waals surface area (Å²) in [5.74, 6) is 1.27. The van der Waals surface area contributed by atoms with Gasteiger partial charge in [-0.1, -0.05) is 61.5 Å². The SMILES string of the molecule is CCCS(=O)CC(N)c1ccc(-c2ccccc2)cc1. The van der Waals surface area contributed by atoms with E-state index in [2.05, 4.69) is 24.3 Å². The monoisotopic (exact) mass is 287 g/mol. The van der Waals surface area contributed by atoms with Crippen LogP contribution in [0, 0.1) is 0 Å². The van der Waals surface area contributed by atoms with Crippen molar-refractivity contribution in [1.82, 2.24) is 0 Å². The lowest BCUT2D eigenvalue weighted by atomic mass is 10.0. The van der Waals surface area contributed by atoms with Gasteiger partial charge in [0.1, 0.15) is 0 Å². The minimum atomic E-state index is -0.817. The fourth-order valence-electron chi connectivity index (χ4n) is 2.16. The van der Waals surface area contributed by atoms with Gasteiger partial charge in [0, 0.05) is 28.3 Å². The molecule has 106 valence electrons. The van der Waals surface area contributed by atoms with Crippen molar-refractivity contribution in [3.8, 4) is 11.1 Å². The van der Waals surface area contributed by atoms with Crippen LogP contribution in [-0.4, -0.2) is 15.7 Å². The molecular weight excluding hydrogens is 266 g/mol. The molecule has 0 heterocycles. The molecule has 0 aromatic heterocycles. The Morgan fingerprint density at radius 1 is 1.00 bits per heavy atom. The third kappa shape index (κ3) is 4.02. The van der Waals surface area contributed by atoms with Crippen LogP contribution in [-0.2, 0) is 10.8 Å². The van der Waals surface area contributed by atoms with E-state index in [-0.39, 0.29) is 6.04 Å². The lowest BCUT2D eigenvalue weighted by molar-refractivity contribution is 0.674. The van der Waals surface area contributed by atoms with Crippen LogP contribution in [0.1, 0.15) is 24.9 Å². The second kappa shape index (κ2) is 7.36. The van der Waals surface area contributed by atoms with Crippen LogP contribution in [0.15, 0.2) is 54.6 Å². The second-order valence-electron chi connectivity index (χ2n) is 4.91. The van der Waals surface area contributed by atoms with E-state index in [1.54, 1.807) is 0 Å². The first-order valence-electron chi connectivity index (χ1n) is 6.96. The van der Waals surface area contributed by atoms with Crippen LogP contribution in [0.25, 0.3) is 11.1 Å². The van der Waals surface area contributed by atoms with Crippen LogP contribution in [0.3, 0.4) is 0 Å². The first-order valence-corrected chi connectivity index (χ1v) is 8.45. The molecular formula is C17H21NOS. The maximum atomic E-state index is 11.7. The van der Waals surface area contributed by atoms with Crippen molar-refractivity contribution in [2.24, 2.45) is 5.73 Å². The number of hydrogen-bond donors (Lipinski definition) is 1. The Balaban J connectivity index is 2.06. The van der Waals surface area contributed by atoms with Crippen molar-refractivity contribution < 1.29 is 4.21 Å². The van der Waals surface area contributed by atoms with Gasteiger partial charge in [0.05, 0.1) is 0 Å². The van der Waals surface area contributed by atoms with Crippen molar-refractivity contribution in [2.75, 3.05) is 11.5 Å². The zero-order chi connectivity index (χ0) is 14.4. The molecule has 0 amide bonds. The highest BCUT2D eigenvalue weighted by Crippen LogP contribution is 2.21. The Morgan fingerprint density at radius 2 is 1.60 bits per heavy atom. The second-order valence-corrected chi connectivity index (χ2v) is 6.53. The van der Waals surface area contributed by atoms with Crippen LogP contribution in [0.2, 0.25) is 0 Å². The number of benzene rings is 2. The molecule has 0 fully saturated rings. The first kappa shape index (κ1) is 14.9. The molecule has 2 atom stereocenters. The third-order valence-corrected chi connectivity index (χ3v) is 4.84. The maximum absolute atomic E-state index is 11.7. The minimum Gasteiger partial charge on any atom is -0.323 e. The van der Waals surface area contributed by atoms with Gasteiger partial charge in [-0.3, -0.25) is 4.21 Å². The fraction of sp³-hybridized carbons (Fsp3) is 0.294. The number of hydrogen-bond acceptors (Lipinski definition) is 2. The molecule has 0 aliphatic carbocycles. The normalized spacial score (nSPS) is 13.9. The van der Waals surface area contributed by atoms with Crippen molar-refractivity contribution in [2.45, 2.75) is 19.4 Å².